The minimum Gasteiger partial charge on any atom is -0.431 e. The Balaban J connectivity index is 2.50. The van der Waals surface area contributed by atoms with E-state index in [2.05, 4.69) is 9.97 Å². The molecule has 20 heavy (non-hydrogen) atoms. The number of ether oxygens (including phenoxy) is 1. The zero-order valence-corrected chi connectivity index (χ0v) is 11.6. The molecular formula is C11H8Cl2N4O3. The Hall–Kier alpha value is -2.12. The molecule has 2 aromatic rings. The van der Waals surface area contributed by atoms with Crippen LogP contribution in [0, 0.1) is 17.0 Å². The van der Waals surface area contributed by atoms with Gasteiger partial charge >= 0.3 is 5.69 Å². The first-order valence-corrected chi connectivity index (χ1v) is 6.04. The minimum absolute atomic E-state index is 0.0599. The van der Waals surface area contributed by atoms with E-state index in [1.807, 2.05) is 0 Å². The number of aromatic nitrogens is 2. The van der Waals surface area contributed by atoms with E-state index in [0.29, 0.717) is 5.56 Å². The molecule has 1 aromatic carbocycles. The van der Waals surface area contributed by atoms with Crippen molar-refractivity contribution in [2.24, 2.45) is 0 Å². The van der Waals surface area contributed by atoms with Gasteiger partial charge in [-0.3, -0.25) is 10.1 Å². The molecule has 0 aliphatic rings. The average molecular weight is 315 g/mol. The van der Waals surface area contributed by atoms with Crippen molar-refractivity contribution in [3.05, 3.63) is 44.2 Å². The molecule has 0 unspecified atom stereocenters. The Morgan fingerprint density at radius 2 is 1.95 bits per heavy atom. The normalized spacial score (nSPS) is 10.3. The van der Waals surface area contributed by atoms with E-state index in [1.165, 1.54) is 12.4 Å². The highest BCUT2D eigenvalue weighted by Gasteiger charge is 2.20. The van der Waals surface area contributed by atoms with Crippen molar-refractivity contribution in [2.45, 2.75) is 6.92 Å². The number of nitrogens with zero attached hydrogens (tertiary/aromatic N) is 3. The van der Waals surface area contributed by atoms with E-state index < -0.39 is 4.92 Å². The Bertz CT molecular complexity index is 694. The van der Waals surface area contributed by atoms with Crippen LogP contribution in [0.2, 0.25) is 10.0 Å². The molecule has 1 aromatic heterocycles. The van der Waals surface area contributed by atoms with Crippen LogP contribution in [0.3, 0.4) is 0 Å². The summed E-state index contributed by atoms with van der Waals surface area (Å²) in [5.41, 5.74) is 5.76. The maximum absolute atomic E-state index is 11.0. The summed E-state index contributed by atoms with van der Waals surface area (Å²) in [6, 6.07) is 2.36. The van der Waals surface area contributed by atoms with Gasteiger partial charge in [0, 0.05) is 12.1 Å². The summed E-state index contributed by atoms with van der Waals surface area (Å²) < 4.78 is 5.40. The third kappa shape index (κ3) is 2.73. The fourth-order valence-electron chi connectivity index (χ4n) is 1.40. The number of anilines is 1. The number of hydrogen-bond acceptors (Lipinski definition) is 6. The first kappa shape index (κ1) is 14.3. The number of nitrogens with two attached hydrogens (primary N) is 1. The zero-order chi connectivity index (χ0) is 14.9. The van der Waals surface area contributed by atoms with Crippen molar-refractivity contribution in [3.8, 4) is 11.6 Å². The molecule has 2 N–H and O–H groups in total. The molecule has 0 radical (unpaired) electrons. The van der Waals surface area contributed by atoms with Gasteiger partial charge in [0.15, 0.2) is 0 Å². The van der Waals surface area contributed by atoms with Crippen LogP contribution in [0.25, 0.3) is 0 Å². The monoisotopic (exact) mass is 314 g/mol. The van der Waals surface area contributed by atoms with Gasteiger partial charge in [-0.15, -0.1) is 0 Å². The van der Waals surface area contributed by atoms with Crippen LogP contribution in [0.4, 0.5) is 11.5 Å². The van der Waals surface area contributed by atoms with E-state index in [9.17, 15) is 10.1 Å². The number of benzene rings is 1. The van der Waals surface area contributed by atoms with Gasteiger partial charge in [0.1, 0.15) is 12.1 Å². The summed E-state index contributed by atoms with van der Waals surface area (Å²) in [4.78, 5) is 18.0. The van der Waals surface area contributed by atoms with Crippen molar-refractivity contribution in [3.63, 3.8) is 0 Å². The number of hydrogen-bond donors (Lipinski definition) is 1. The van der Waals surface area contributed by atoms with Crippen LogP contribution in [-0.4, -0.2) is 14.9 Å². The summed E-state index contributed by atoms with van der Waals surface area (Å²) in [6.45, 7) is 1.63. The van der Waals surface area contributed by atoms with Crippen molar-refractivity contribution in [1.82, 2.24) is 9.97 Å². The lowest BCUT2D eigenvalue weighted by molar-refractivity contribution is -0.385. The topological polar surface area (TPSA) is 104 Å². The van der Waals surface area contributed by atoms with Crippen LogP contribution in [-0.2, 0) is 0 Å². The number of halogens is 2. The molecule has 0 bridgehead atoms. The summed E-state index contributed by atoms with van der Waals surface area (Å²) in [6.07, 6.45) is 1.20. The molecule has 9 heteroatoms. The second kappa shape index (κ2) is 5.48. The first-order chi connectivity index (χ1) is 9.40. The molecule has 0 spiro atoms. The molecule has 2 rings (SSSR count). The zero-order valence-electron chi connectivity index (χ0n) is 10.1. The Morgan fingerprint density at radius 1 is 1.30 bits per heavy atom. The van der Waals surface area contributed by atoms with Gasteiger partial charge in [-0.1, -0.05) is 23.2 Å². The third-order valence-corrected chi connectivity index (χ3v) is 3.20. The second-order valence-electron chi connectivity index (χ2n) is 3.78. The molecule has 0 fully saturated rings. The maximum atomic E-state index is 11.0. The van der Waals surface area contributed by atoms with Gasteiger partial charge < -0.3 is 10.5 Å². The first-order valence-electron chi connectivity index (χ1n) is 5.28. The summed E-state index contributed by atoms with van der Waals surface area (Å²) in [7, 11) is 0. The molecule has 1 heterocycles. The van der Waals surface area contributed by atoms with E-state index in [1.54, 1.807) is 6.92 Å². The number of nitrogen functional groups attached to an aromatic ring is 1. The quantitative estimate of drug-likeness (QED) is 0.688. The Labute approximate surface area is 123 Å². The predicted octanol–water partition coefficient (Wildman–Crippen LogP) is 3.37. The largest absolute Gasteiger partial charge is 0.431 e. The van der Waals surface area contributed by atoms with Crippen LogP contribution in [0.15, 0.2) is 18.5 Å². The van der Waals surface area contributed by atoms with Crippen molar-refractivity contribution in [2.75, 3.05) is 5.73 Å². The highest BCUT2D eigenvalue weighted by molar-refractivity contribution is 6.42. The number of nitro groups is 1. The molecule has 0 amide bonds. The molecular weight excluding hydrogens is 307 g/mol. The van der Waals surface area contributed by atoms with Crippen LogP contribution < -0.4 is 10.5 Å². The molecule has 104 valence electrons. The average Bonchev–Trinajstić information content (AvgIpc) is 2.38. The summed E-state index contributed by atoms with van der Waals surface area (Å²) in [5, 5.41) is 11.2. The predicted molar refractivity (Wildman–Crippen MR) is 74.4 cm³/mol. The molecule has 0 saturated carbocycles. The van der Waals surface area contributed by atoms with E-state index >= 15 is 0 Å². The van der Waals surface area contributed by atoms with E-state index in [0.717, 1.165) is 6.07 Å². The summed E-state index contributed by atoms with van der Waals surface area (Å²) in [5.74, 6) is 0.252. The summed E-state index contributed by atoms with van der Waals surface area (Å²) >= 11 is 11.6. The van der Waals surface area contributed by atoms with Gasteiger partial charge in [-0.2, -0.15) is 0 Å². The minimum atomic E-state index is -0.628. The van der Waals surface area contributed by atoms with E-state index in [-0.39, 0.29) is 33.2 Å². The Morgan fingerprint density at radius 3 is 2.60 bits per heavy atom. The molecule has 0 atom stereocenters. The lowest BCUT2D eigenvalue weighted by Crippen LogP contribution is -2.00. The highest BCUT2D eigenvalue weighted by atomic mass is 35.5. The van der Waals surface area contributed by atoms with Gasteiger partial charge in [-0.25, -0.2) is 9.97 Å². The van der Waals surface area contributed by atoms with Crippen LogP contribution in [0.5, 0.6) is 11.6 Å². The molecule has 7 nitrogen and oxygen atoms in total. The van der Waals surface area contributed by atoms with Crippen molar-refractivity contribution < 1.29 is 9.66 Å². The van der Waals surface area contributed by atoms with Crippen LogP contribution in [0.1, 0.15) is 5.56 Å². The molecule has 0 aliphatic carbocycles. The van der Waals surface area contributed by atoms with Gasteiger partial charge in [0.2, 0.25) is 11.6 Å². The second-order valence-corrected chi connectivity index (χ2v) is 4.60. The molecule has 0 aliphatic heterocycles. The SMILES string of the molecule is Cc1c(N)ncnc1Oc1cc(Cl)c(Cl)cc1[N+](=O)[O-]. The van der Waals surface area contributed by atoms with Crippen molar-refractivity contribution in [1.29, 1.82) is 0 Å². The van der Waals surface area contributed by atoms with Gasteiger partial charge in [0.25, 0.3) is 0 Å². The Kier molecular flexibility index (Phi) is 3.91. The van der Waals surface area contributed by atoms with Gasteiger partial charge in [-0.05, 0) is 6.92 Å². The number of rotatable bonds is 3. The highest BCUT2D eigenvalue weighted by Crippen LogP contribution is 2.38. The van der Waals surface area contributed by atoms with Gasteiger partial charge in [0.05, 0.1) is 20.5 Å². The lowest BCUT2D eigenvalue weighted by Gasteiger charge is -2.09. The van der Waals surface area contributed by atoms with Crippen LogP contribution >= 0.6 is 23.2 Å². The molecule has 0 saturated heterocycles. The third-order valence-electron chi connectivity index (χ3n) is 2.48. The number of nitro benzene ring substituents is 1. The smallest absolute Gasteiger partial charge is 0.313 e. The van der Waals surface area contributed by atoms with Crippen molar-refractivity contribution >= 4 is 34.7 Å². The maximum Gasteiger partial charge on any atom is 0.313 e. The fraction of sp³-hybridized carbons (Fsp3) is 0.0909. The fourth-order valence-corrected chi connectivity index (χ4v) is 1.71. The lowest BCUT2D eigenvalue weighted by atomic mass is 10.3. The van der Waals surface area contributed by atoms with E-state index in [4.69, 9.17) is 33.7 Å². The standard InChI is InChI=1S/C11H8Cl2N4O3/c1-5-10(14)15-4-16-11(5)20-9-3-7(13)6(12)2-8(9)17(18)19/h2-4H,1H3,(H2,14,15,16).